The summed E-state index contributed by atoms with van der Waals surface area (Å²) in [6, 6.07) is 0. The molecule has 0 amide bonds. The van der Waals surface area contributed by atoms with Crippen LogP contribution in [0.15, 0.2) is 0 Å². The number of fused-ring (bicyclic) bond motifs is 1. The third kappa shape index (κ3) is 1.50. The second-order valence-corrected chi connectivity index (χ2v) is 5.46. The van der Waals surface area contributed by atoms with Gasteiger partial charge in [-0.1, -0.05) is 0 Å². The quantitative estimate of drug-likeness (QED) is 0.363. The highest BCUT2D eigenvalue weighted by Crippen LogP contribution is 2.33. The number of ether oxygens (including phenoxy) is 1. The fourth-order valence-electron chi connectivity index (χ4n) is 1.62. The molecule has 2 rings (SSSR count). The van der Waals surface area contributed by atoms with Crippen LogP contribution in [-0.2, 0) is 4.74 Å². The molecule has 15 heavy (non-hydrogen) atoms. The average Bonchev–Trinajstić information content (AvgIpc) is 2.47. The second-order valence-electron chi connectivity index (χ2n) is 3.30. The number of halogens is 2. The summed E-state index contributed by atoms with van der Waals surface area (Å²) in [4.78, 5) is 22.9. The molecule has 1 heterocycles. The van der Waals surface area contributed by atoms with Crippen LogP contribution in [0.2, 0.25) is 0 Å². The molecule has 0 fully saturated rings. The standard InChI is InChI=1S/C10H6I2O3/c1-3-5-6(10(14)15-9(5)13)4(2)8(12)7(3)11/h1-2H3. The monoisotopic (exact) mass is 428 g/mol. The zero-order valence-electron chi connectivity index (χ0n) is 7.98. The second kappa shape index (κ2) is 3.69. The molecule has 1 aliphatic heterocycles. The molecular formula is C10H6I2O3. The number of carbonyl (C=O) groups is 2. The highest BCUT2D eigenvalue weighted by molar-refractivity contribution is 14.1. The number of benzene rings is 1. The fourth-order valence-corrected chi connectivity index (χ4v) is 2.97. The predicted octanol–water partition coefficient (Wildman–Crippen LogP) is 2.82. The summed E-state index contributed by atoms with van der Waals surface area (Å²) in [5.74, 6) is -1.05. The molecule has 3 nitrogen and oxygen atoms in total. The Morgan fingerprint density at radius 1 is 0.867 bits per heavy atom. The molecule has 0 saturated carbocycles. The van der Waals surface area contributed by atoms with Crippen molar-refractivity contribution in [1.82, 2.24) is 0 Å². The molecule has 1 aromatic rings. The van der Waals surface area contributed by atoms with Crippen molar-refractivity contribution in [3.63, 3.8) is 0 Å². The molecule has 0 atom stereocenters. The van der Waals surface area contributed by atoms with Gasteiger partial charge < -0.3 is 4.74 Å². The Balaban J connectivity index is 2.92. The van der Waals surface area contributed by atoms with E-state index in [9.17, 15) is 9.59 Å². The molecule has 78 valence electrons. The summed E-state index contributed by atoms with van der Waals surface area (Å²) in [7, 11) is 0. The summed E-state index contributed by atoms with van der Waals surface area (Å²) in [5, 5.41) is 0. The molecule has 0 saturated heterocycles. The first-order chi connectivity index (χ1) is 6.95. The van der Waals surface area contributed by atoms with Crippen molar-refractivity contribution in [3.05, 3.63) is 29.4 Å². The van der Waals surface area contributed by atoms with Gasteiger partial charge in [0, 0.05) is 7.14 Å². The van der Waals surface area contributed by atoms with E-state index in [4.69, 9.17) is 0 Å². The predicted molar refractivity (Wildman–Crippen MR) is 71.1 cm³/mol. The van der Waals surface area contributed by atoms with Gasteiger partial charge in [-0.15, -0.1) is 0 Å². The van der Waals surface area contributed by atoms with Gasteiger partial charge in [0.1, 0.15) is 0 Å². The van der Waals surface area contributed by atoms with Crippen LogP contribution in [0.4, 0.5) is 0 Å². The van der Waals surface area contributed by atoms with Crippen molar-refractivity contribution in [3.8, 4) is 0 Å². The Kier molecular flexibility index (Phi) is 2.78. The van der Waals surface area contributed by atoms with E-state index in [2.05, 4.69) is 49.9 Å². The van der Waals surface area contributed by atoms with Crippen LogP contribution in [0.5, 0.6) is 0 Å². The van der Waals surface area contributed by atoms with Crippen LogP contribution in [0, 0.1) is 21.0 Å². The van der Waals surface area contributed by atoms with Gasteiger partial charge in [-0.05, 0) is 70.2 Å². The summed E-state index contributed by atoms with van der Waals surface area (Å²) in [6.07, 6.45) is 0. The first-order valence-electron chi connectivity index (χ1n) is 4.19. The van der Waals surface area contributed by atoms with Crippen molar-refractivity contribution in [2.45, 2.75) is 13.8 Å². The molecule has 0 spiro atoms. The first kappa shape index (κ1) is 11.3. The van der Waals surface area contributed by atoms with Crippen molar-refractivity contribution in [2.75, 3.05) is 0 Å². The van der Waals surface area contributed by atoms with Crippen molar-refractivity contribution in [1.29, 1.82) is 0 Å². The molecule has 5 heteroatoms. The lowest BCUT2D eigenvalue weighted by molar-refractivity contribution is 0.0443. The van der Waals surface area contributed by atoms with E-state index in [0.29, 0.717) is 11.1 Å². The Morgan fingerprint density at radius 3 is 1.53 bits per heavy atom. The molecule has 0 aromatic heterocycles. The molecule has 0 radical (unpaired) electrons. The van der Waals surface area contributed by atoms with Gasteiger partial charge in [0.15, 0.2) is 0 Å². The SMILES string of the molecule is Cc1c(I)c(I)c(C)c2c1C(=O)OC2=O. The van der Waals surface area contributed by atoms with Gasteiger partial charge in [0.25, 0.3) is 0 Å². The Hall–Kier alpha value is -0.180. The average molecular weight is 428 g/mol. The number of carbonyl (C=O) groups excluding carboxylic acids is 2. The summed E-state index contributed by atoms with van der Waals surface area (Å²) in [5.41, 5.74) is 2.53. The highest BCUT2D eigenvalue weighted by Gasteiger charge is 2.35. The number of esters is 2. The molecule has 0 unspecified atom stereocenters. The van der Waals surface area contributed by atoms with Crippen LogP contribution < -0.4 is 0 Å². The Labute approximate surface area is 114 Å². The Bertz CT molecular complexity index is 461. The Morgan fingerprint density at radius 2 is 1.20 bits per heavy atom. The third-order valence-corrected chi connectivity index (χ3v) is 6.17. The maximum Gasteiger partial charge on any atom is 0.347 e. The van der Waals surface area contributed by atoms with Gasteiger partial charge in [0.05, 0.1) is 11.1 Å². The van der Waals surface area contributed by atoms with Gasteiger partial charge >= 0.3 is 11.9 Å². The topological polar surface area (TPSA) is 43.4 Å². The minimum atomic E-state index is -0.523. The number of cyclic esters (lactones) is 2. The smallest absolute Gasteiger partial charge is 0.347 e. The van der Waals surface area contributed by atoms with Crippen molar-refractivity contribution in [2.24, 2.45) is 0 Å². The maximum atomic E-state index is 11.5. The fraction of sp³-hybridized carbons (Fsp3) is 0.200. The van der Waals surface area contributed by atoms with Crippen LogP contribution in [0.1, 0.15) is 31.8 Å². The first-order valence-corrected chi connectivity index (χ1v) is 6.35. The minimum absolute atomic E-state index is 0.433. The van der Waals surface area contributed by atoms with E-state index >= 15 is 0 Å². The minimum Gasteiger partial charge on any atom is -0.386 e. The highest BCUT2D eigenvalue weighted by atomic mass is 127. The molecule has 1 aliphatic rings. The number of rotatable bonds is 0. The van der Waals surface area contributed by atoms with E-state index in [-0.39, 0.29) is 0 Å². The summed E-state index contributed by atoms with van der Waals surface area (Å²) >= 11 is 4.36. The van der Waals surface area contributed by atoms with E-state index in [1.165, 1.54) is 0 Å². The van der Waals surface area contributed by atoms with Gasteiger partial charge in [-0.25, -0.2) is 9.59 Å². The van der Waals surface area contributed by atoms with E-state index < -0.39 is 11.9 Å². The normalized spacial score (nSPS) is 14.1. The zero-order chi connectivity index (χ0) is 11.3. The van der Waals surface area contributed by atoms with Gasteiger partial charge in [0.2, 0.25) is 0 Å². The lowest BCUT2D eigenvalue weighted by Gasteiger charge is -2.08. The molecular weight excluding hydrogens is 422 g/mol. The van der Waals surface area contributed by atoms with Crippen LogP contribution in [0.25, 0.3) is 0 Å². The zero-order valence-corrected chi connectivity index (χ0v) is 12.3. The molecule has 0 aliphatic carbocycles. The lowest BCUT2D eigenvalue weighted by atomic mass is 9.99. The van der Waals surface area contributed by atoms with E-state index in [1.807, 2.05) is 13.8 Å². The van der Waals surface area contributed by atoms with Crippen LogP contribution >= 0.6 is 45.2 Å². The van der Waals surface area contributed by atoms with E-state index in [0.717, 1.165) is 18.3 Å². The number of hydrogen-bond donors (Lipinski definition) is 0. The lowest BCUT2D eigenvalue weighted by Crippen LogP contribution is -2.04. The van der Waals surface area contributed by atoms with E-state index in [1.54, 1.807) is 0 Å². The van der Waals surface area contributed by atoms with Gasteiger partial charge in [-0.3, -0.25) is 0 Å². The largest absolute Gasteiger partial charge is 0.386 e. The maximum absolute atomic E-state index is 11.5. The van der Waals surface area contributed by atoms with Crippen molar-refractivity contribution < 1.29 is 14.3 Å². The summed E-state index contributed by atoms with van der Waals surface area (Å²) < 4.78 is 6.64. The van der Waals surface area contributed by atoms with Gasteiger partial charge in [-0.2, -0.15) is 0 Å². The molecule has 0 bridgehead atoms. The van der Waals surface area contributed by atoms with Crippen LogP contribution in [0.3, 0.4) is 0 Å². The number of hydrogen-bond acceptors (Lipinski definition) is 3. The van der Waals surface area contributed by atoms with Crippen LogP contribution in [-0.4, -0.2) is 11.9 Å². The molecule has 1 aromatic carbocycles. The summed E-state index contributed by atoms with van der Waals surface area (Å²) in [6.45, 7) is 3.67. The molecule has 0 N–H and O–H groups in total. The third-order valence-electron chi connectivity index (χ3n) is 2.44. The van der Waals surface area contributed by atoms with Crippen molar-refractivity contribution >= 4 is 57.1 Å².